The number of carbonyl (C=O) groups is 1. The summed E-state index contributed by atoms with van der Waals surface area (Å²) in [6, 6.07) is 18.1. The van der Waals surface area contributed by atoms with Crippen LogP contribution in [0.5, 0.6) is 0 Å². The first kappa shape index (κ1) is 26.1. The molecule has 8 heteroatoms. The molecule has 1 aromatic heterocycles. The number of rotatable bonds is 6. The Morgan fingerprint density at radius 1 is 1.05 bits per heavy atom. The zero-order valence-corrected chi connectivity index (χ0v) is 22.4. The van der Waals surface area contributed by atoms with E-state index >= 15 is 0 Å². The molecule has 2 aliphatic rings. The van der Waals surface area contributed by atoms with Gasteiger partial charge in [0.25, 0.3) is 0 Å². The van der Waals surface area contributed by atoms with E-state index in [1.165, 1.54) is 6.20 Å². The number of nitrogens with one attached hydrogen (secondary N) is 1. The number of aryl methyl sites for hydroxylation is 1. The predicted octanol–water partition coefficient (Wildman–Crippen LogP) is 6.08. The van der Waals surface area contributed by atoms with Crippen molar-refractivity contribution < 1.29 is 23.2 Å². The number of fused-ring (bicyclic) bond motifs is 3. The van der Waals surface area contributed by atoms with Crippen molar-refractivity contribution in [3.8, 4) is 11.1 Å². The number of carbonyl (C=O) groups excluding carboxylic acids is 1. The molecule has 0 bridgehead atoms. The number of nitrogens with zero attached hydrogens (tertiary/aromatic N) is 1. The van der Waals surface area contributed by atoms with Crippen LogP contribution in [0.25, 0.3) is 17.2 Å². The molecule has 0 unspecified atom stereocenters. The molecule has 3 aromatic rings. The number of hydrogen-bond acceptors (Lipinski definition) is 5. The van der Waals surface area contributed by atoms with Gasteiger partial charge in [-0.2, -0.15) is 4.39 Å². The van der Waals surface area contributed by atoms with Crippen molar-refractivity contribution in [1.29, 1.82) is 0 Å². The van der Waals surface area contributed by atoms with Gasteiger partial charge in [-0.05, 0) is 74.0 Å². The molecule has 0 radical (unpaired) electrons. The van der Waals surface area contributed by atoms with Crippen LogP contribution < -0.4 is 5.32 Å². The lowest BCUT2D eigenvalue weighted by molar-refractivity contribution is 0.00578. The van der Waals surface area contributed by atoms with Crippen LogP contribution in [0, 0.1) is 12.9 Å². The smallest absolute Gasteiger partial charge is 0.449 e. The van der Waals surface area contributed by atoms with E-state index in [9.17, 15) is 9.18 Å². The van der Waals surface area contributed by atoms with Crippen molar-refractivity contribution in [3.63, 3.8) is 0 Å². The number of hydrogen-bond donors (Lipinski definition) is 1. The lowest BCUT2D eigenvalue weighted by atomic mass is 9.77. The largest absolute Gasteiger partial charge is 0.492 e. The second-order valence-electron chi connectivity index (χ2n) is 10.9. The Labute approximate surface area is 223 Å². The van der Waals surface area contributed by atoms with Gasteiger partial charge in [-0.15, -0.1) is 0 Å². The summed E-state index contributed by atoms with van der Waals surface area (Å²) in [5.74, 6) is -0.649. The van der Waals surface area contributed by atoms with Gasteiger partial charge in [-0.25, -0.2) is 9.78 Å². The number of alkyl carbamates (subject to hydrolysis) is 1. The maximum Gasteiger partial charge on any atom is 0.492 e. The van der Waals surface area contributed by atoms with Crippen LogP contribution in [-0.4, -0.2) is 42.5 Å². The SMILES string of the molecule is Cc1cnc(F)c(C=C(CNC(=O)OCC2c3ccccc3-c3ccccc32)B2OC(C)(C)C(C)(C)O2)c1. The molecular formula is C30H32BFN2O4. The Bertz CT molecular complexity index is 1340. The molecule has 6 nitrogen and oxygen atoms in total. The standard InChI is InChI=1S/C30H32BFN2O4/c1-19-14-20(27(32)33-16-19)15-21(31-37-29(2,3)30(4,5)38-31)17-34-28(35)36-18-26-24-12-8-6-10-22(24)23-11-7-9-13-25(23)26/h6-16,26H,17-18H2,1-5H3,(H,34,35). The van der Waals surface area contributed by atoms with Crippen molar-refractivity contribution >= 4 is 19.3 Å². The van der Waals surface area contributed by atoms with Gasteiger partial charge in [0.15, 0.2) is 0 Å². The first-order chi connectivity index (χ1) is 18.1. The van der Waals surface area contributed by atoms with E-state index in [-0.39, 0.29) is 19.1 Å². The summed E-state index contributed by atoms with van der Waals surface area (Å²) in [6.07, 6.45) is 2.52. The monoisotopic (exact) mass is 514 g/mol. The Kier molecular flexibility index (Phi) is 6.88. The predicted molar refractivity (Wildman–Crippen MR) is 146 cm³/mol. The molecule has 1 aliphatic carbocycles. The van der Waals surface area contributed by atoms with Crippen LogP contribution in [0.4, 0.5) is 9.18 Å². The highest BCUT2D eigenvalue weighted by Crippen LogP contribution is 2.44. The average molecular weight is 514 g/mol. The van der Waals surface area contributed by atoms with Crippen molar-refractivity contribution in [2.24, 2.45) is 0 Å². The lowest BCUT2D eigenvalue weighted by Gasteiger charge is -2.32. The summed E-state index contributed by atoms with van der Waals surface area (Å²) >= 11 is 0. The van der Waals surface area contributed by atoms with Gasteiger partial charge in [0, 0.05) is 24.2 Å². The molecule has 1 saturated heterocycles. The van der Waals surface area contributed by atoms with E-state index in [4.69, 9.17) is 14.0 Å². The Balaban J connectivity index is 1.31. The normalized spacial score (nSPS) is 17.7. The summed E-state index contributed by atoms with van der Waals surface area (Å²) < 4.78 is 32.6. The number of ether oxygens (including phenoxy) is 1. The van der Waals surface area contributed by atoms with E-state index in [0.717, 1.165) is 27.8 Å². The third kappa shape index (κ3) is 4.98. The van der Waals surface area contributed by atoms with Crippen LogP contribution in [0.3, 0.4) is 0 Å². The van der Waals surface area contributed by atoms with E-state index < -0.39 is 30.4 Å². The average Bonchev–Trinajstić information content (AvgIpc) is 3.31. The zero-order valence-electron chi connectivity index (χ0n) is 22.4. The molecule has 1 aliphatic heterocycles. The highest BCUT2D eigenvalue weighted by atomic mass is 19.1. The number of halogens is 1. The fourth-order valence-corrected chi connectivity index (χ4v) is 4.90. The molecule has 1 amide bonds. The minimum atomic E-state index is -0.770. The molecule has 196 valence electrons. The number of benzene rings is 2. The van der Waals surface area contributed by atoms with Crippen LogP contribution >= 0.6 is 0 Å². The topological polar surface area (TPSA) is 69.7 Å². The second kappa shape index (κ2) is 10.0. The van der Waals surface area contributed by atoms with Gasteiger partial charge in [-0.1, -0.05) is 54.6 Å². The molecule has 1 N–H and O–H groups in total. The maximum atomic E-state index is 14.5. The molecule has 38 heavy (non-hydrogen) atoms. The quantitative estimate of drug-likeness (QED) is 0.319. The molecule has 2 aromatic carbocycles. The molecule has 1 fully saturated rings. The first-order valence-corrected chi connectivity index (χ1v) is 12.8. The zero-order chi connectivity index (χ0) is 27.1. The van der Waals surface area contributed by atoms with Crippen molar-refractivity contribution in [2.75, 3.05) is 13.2 Å². The Hall–Kier alpha value is -3.49. The lowest BCUT2D eigenvalue weighted by Crippen LogP contribution is -2.41. The minimum Gasteiger partial charge on any atom is -0.449 e. The van der Waals surface area contributed by atoms with E-state index in [1.54, 1.807) is 12.1 Å². The maximum absolute atomic E-state index is 14.5. The van der Waals surface area contributed by atoms with Gasteiger partial charge in [0.1, 0.15) is 6.61 Å². The minimum absolute atomic E-state index is 0.0428. The summed E-state index contributed by atoms with van der Waals surface area (Å²) in [5.41, 5.74) is 5.09. The van der Waals surface area contributed by atoms with Gasteiger partial charge >= 0.3 is 13.2 Å². The molecular weight excluding hydrogens is 482 g/mol. The third-order valence-corrected chi connectivity index (χ3v) is 7.68. The van der Waals surface area contributed by atoms with Crippen LogP contribution in [-0.2, 0) is 14.0 Å². The Morgan fingerprint density at radius 3 is 2.24 bits per heavy atom. The first-order valence-electron chi connectivity index (χ1n) is 12.8. The van der Waals surface area contributed by atoms with Gasteiger partial charge in [0.05, 0.1) is 11.2 Å². The molecule has 5 rings (SSSR count). The van der Waals surface area contributed by atoms with Crippen molar-refractivity contribution in [3.05, 3.63) is 94.5 Å². The van der Waals surface area contributed by atoms with E-state index in [1.807, 2.05) is 58.9 Å². The second-order valence-corrected chi connectivity index (χ2v) is 10.9. The number of aromatic nitrogens is 1. The molecule has 0 atom stereocenters. The van der Waals surface area contributed by atoms with Crippen molar-refractivity contribution in [1.82, 2.24) is 10.3 Å². The summed E-state index contributed by atoms with van der Waals surface area (Å²) in [5, 5.41) is 2.81. The van der Waals surface area contributed by atoms with E-state index in [0.29, 0.717) is 11.0 Å². The summed E-state index contributed by atoms with van der Waals surface area (Å²) in [7, 11) is -0.770. The number of pyridine rings is 1. The van der Waals surface area contributed by atoms with Gasteiger partial charge < -0.3 is 19.4 Å². The van der Waals surface area contributed by atoms with Crippen LogP contribution in [0.2, 0.25) is 0 Å². The summed E-state index contributed by atoms with van der Waals surface area (Å²) in [6.45, 7) is 9.87. The fourth-order valence-electron chi connectivity index (χ4n) is 4.90. The van der Waals surface area contributed by atoms with Crippen LogP contribution in [0.15, 0.2) is 66.3 Å². The van der Waals surface area contributed by atoms with Crippen molar-refractivity contribution in [2.45, 2.75) is 51.7 Å². The van der Waals surface area contributed by atoms with E-state index in [2.05, 4.69) is 34.6 Å². The van der Waals surface area contributed by atoms with Crippen LogP contribution in [0.1, 0.15) is 55.9 Å². The highest BCUT2D eigenvalue weighted by Gasteiger charge is 2.52. The van der Waals surface area contributed by atoms with Gasteiger partial charge in [-0.3, -0.25) is 0 Å². The Morgan fingerprint density at radius 2 is 1.63 bits per heavy atom. The molecule has 0 spiro atoms. The highest BCUT2D eigenvalue weighted by molar-refractivity contribution is 6.56. The number of amides is 1. The molecule has 0 saturated carbocycles. The molecule has 2 heterocycles. The third-order valence-electron chi connectivity index (χ3n) is 7.68. The van der Waals surface area contributed by atoms with Gasteiger partial charge in [0.2, 0.25) is 5.95 Å². The summed E-state index contributed by atoms with van der Waals surface area (Å²) in [4.78, 5) is 16.7. The fraction of sp³-hybridized carbons (Fsp3) is 0.333.